The summed E-state index contributed by atoms with van der Waals surface area (Å²) in [6.45, 7) is 0.275. The minimum atomic E-state index is -1.32. The lowest BCUT2D eigenvalue weighted by molar-refractivity contribution is -0.141. The molecule has 0 saturated heterocycles. The van der Waals surface area contributed by atoms with E-state index in [1.54, 1.807) is 0 Å². The highest BCUT2D eigenvalue weighted by Crippen LogP contribution is 2.05. The Bertz CT molecular complexity index is 861. The minimum absolute atomic E-state index is 0.0309. The molecule has 0 bridgehead atoms. The van der Waals surface area contributed by atoms with E-state index in [-0.39, 0.29) is 56.4 Å². The fourth-order valence-electron chi connectivity index (χ4n) is 2.86. The molecular weight excluding hydrogens is 510 g/mol. The number of nitrogens with two attached hydrogens (primary N) is 6. The summed E-state index contributed by atoms with van der Waals surface area (Å²) >= 11 is 3.90. The minimum Gasteiger partial charge on any atom is -0.480 e. The molecule has 0 spiro atoms. The van der Waals surface area contributed by atoms with Crippen molar-refractivity contribution in [2.24, 2.45) is 44.4 Å². The monoisotopic (exact) mass is 547 g/mol. The second-order valence-corrected chi connectivity index (χ2v) is 8.24. The molecule has 0 rings (SSSR count). The number of nitrogens with one attached hydrogen (secondary N) is 3. The van der Waals surface area contributed by atoms with Gasteiger partial charge in [-0.3, -0.25) is 29.2 Å². The van der Waals surface area contributed by atoms with Crippen molar-refractivity contribution in [2.45, 2.75) is 56.3 Å². The summed E-state index contributed by atoms with van der Waals surface area (Å²) in [5, 5.41) is 16.4. The molecule has 4 unspecified atom stereocenters. The average molecular weight is 548 g/mol. The third-order valence-electron chi connectivity index (χ3n) is 4.71. The Hall–Kier alpha value is -3.80. The predicted molar refractivity (Wildman–Crippen MR) is 139 cm³/mol. The first-order valence-corrected chi connectivity index (χ1v) is 11.8. The number of carbonyl (C=O) groups is 5. The zero-order valence-corrected chi connectivity index (χ0v) is 21.2. The lowest BCUT2D eigenvalue weighted by atomic mass is 10.1. The predicted octanol–water partition coefficient (Wildman–Crippen LogP) is -5.23. The molecule has 17 nitrogen and oxygen atoms in total. The van der Waals surface area contributed by atoms with Crippen LogP contribution >= 0.6 is 12.6 Å². The largest absolute Gasteiger partial charge is 0.480 e. The zero-order valence-electron chi connectivity index (χ0n) is 20.3. The molecule has 4 atom stereocenters. The number of carboxylic acids is 1. The molecule has 0 aliphatic carbocycles. The fourth-order valence-corrected chi connectivity index (χ4v) is 3.11. The van der Waals surface area contributed by atoms with E-state index in [1.165, 1.54) is 0 Å². The van der Waals surface area contributed by atoms with Crippen LogP contribution in [0.5, 0.6) is 0 Å². The molecule has 210 valence electrons. The van der Waals surface area contributed by atoms with Gasteiger partial charge in [-0.2, -0.15) is 12.6 Å². The highest BCUT2D eigenvalue weighted by atomic mass is 32.1. The van der Waals surface area contributed by atoms with Crippen LogP contribution in [0.4, 0.5) is 0 Å². The number of aliphatic carboxylic acids is 1. The molecule has 0 aliphatic rings. The number of primary amides is 1. The fraction of sp³-hybridized carbons (Fsp3) is 0.632. The van der Waals surface area contributed by atoms with Gasteiger partial charge in [0, 0.05) is 18.8 Å². The molecule has 0 aromatic rings. The van der Waals surface area contributed by atoms with Gasteiger partial charge in [0.15, 0.2) is 11.9 Å². The summed E-state index contributed by atoms with van der Waals surface area (Å²) in [4.78, 5) is 68.2. The maximum atomic E-state index is 13.1. The number of thiol groups is 1. The maximum absolute atomic E-state index is 13.1. The molecule has 0 saturated carbocycles. The number of hydrogen-bond donors (Lipinski definition) is 11. The number of nitrogens with zero attached hydrogens (tertiary/aromatic N) is 2. The first-order valence-electron chi connectivity index (χ1n) is 11.2. The molecule has 16 N–H and O–H groups in total. The van der Waals surface area contributed by atoms with Gasteiger partial charge in [0.1, 0.15) is 18.1 Å². The van der Waals surface area contributed by atoms with Gasteiger partial charge in [-0.25, -0.2) is 4.79 Å². The summed E-state index contributed by atoms with van der Waals surface area (Å²) in [5.74, 6) is -5.05. The highest BCUT2D eigenvalue weighted by Gasteiger charge is 2.30. The number of rotatable bonds is 18. The Kier molecular flexibility index (Phi) is 15.8. The normalized spacial score (nSPS) is 13.7. The molecule has 0 radical (unpaired) electrons. The smallest absolute Gasteiger partial charge is 0.327 e. The molecule has 0 aliphatic heterocycles. The summed E-state index contributed by atoms with van der Waals surface area (Å²) < 4.78 is 0. The van der Waals surface area contributed by atoms with Crippen molar-refractivity contribution < 1.29 is 29.1 Å². The quantitative estimate of drug-likeness (QED) is 0.0333. The van der Waals surface area contributed by atoms with Crippen LogP contribution in [0.15, 0.2) is 9.98 Å². The number of carbonyl (C=O) groups excluding carboxylic acids is 4. The second-order valence-electron chi connectivity index (χ2n) is 7.88. The Morgan fingerprint density at radius 3 is 1.49 bits per heavy atom. The molecule has 0 aromatic heterocycles. The molecule has 37 heavy (non-hydrogen) atoms. The van der Waals surface area contributed by atoms with Gasteiger partial charge in [0.25, 0.3) is 0 Å². The molecule has 0 fully saturated rings. The Balaban J connectivity index is 5.66. The van der Waals surface area contributed by atoms with Gasteiger partial charge in [0.2, 0.25) is 23.6 Å². The van der Waals surface area contributed by atoms with E-state index in [0.29, 0.717) is 0 Å². The van der Waals surface area contributed by atoms with E-state index < -0.39 is 60.2 Å². The summed E-state index contributed by atoms with van der Waals surface area (Å²) in [6, 6.07) is -5.03. The van der Waals surface area contributed by atoms with E-state index in [1.807, 2.05) is 0 Å². The van der Waals surface area contributed by atoms with Crippen molar-refractivity contribution in [3.8, 4) is 0 Å². The van der Waals surface area contributed by atoms with Crippen molar-refractivity contribution >= 4 is 54.1 Å². The standard InChI is InChI=1S/C19H37N11O6S/c20-9(7-13(21)31)14(32)28-10(3-1-5-26-18(22)23)15(33)29-11(4-2-6-27-19(24)25)16(34)30-12(8-37)17(35)36/h9-12,37H,1-8,20H2,(H2,21,31)(H,28,32)(H,29,33)(H,30,34)(H,35,36)(H4,22,23,26)(H4,24,25,27). The van der Waals surface area contributed by atoms with Crippen LogP contribution in [0.2, 0.25) is 0 Å². The van der Waals surface area contributed by atoms with Crippen molar-refractivity contribution in [3.05, 3.63) is 0 Å². The van der Waals surface area contributed by atoms with E-state index in [9.17, 15) is 29.1 Å². The first kappa shape index (κ1) is 33.2. The Morgan fingerprint density at radius 1 is 0.730 bits per heavy atom. The van der Waals surface area contributed by atoms with Crippen LogP contribution in [0.1, 0.15) is 32.1 Å². The third kappa shape index (κ3) is 15.0. The molecule has 18 heteroatoms. The average Bonchev–Trinajstić information content (AvgIpc) is 2.79. The van der Waals surface area contributed by atoms with E-state index >= 15 is 0 Å². The number of carboxylic acid groups (broad SMARTS) is 1. The molecule has 0 aromatic carbocycles. The van der Waals surface area contributed by atoms with Crippen LogP contribution in [-0.4, -0.2) is 89.6 Å². The van der Waals surface area contributed by atoms with Crippen molar-refractivity contribution in [1.29, 1.82) is 0 Å². The van der Waals surface area contributed by atoms with Crippen LogP contribution in [0.3, 0.4) is 0 Å². The SMILES string of the molecule is NC(=O)CC(N)C(=O)NC(CCCN=C(N)N)C(=O)NC(CCCN=C(N)N)C(=O)NC(CS)C(=O)O. The molecular formula is C19H37N11O6S. The van der Waals surface area contributed by atoms with E-state index in [0.717, 1.165) is 0 Å². The van der Waals surface area contributed by atoms with Crippen LogP contribution in [0, 0.1) is 0 Å². The van der Waals surface area contributed by atoms with E-state index in [2.05, 4.69) is 38.6 Å². The van der Waals surface area contributed by atoms with Crippen LogP contribution < -0.4 is 50.4 Å². The van der Waals surface area contributed by atoms with Crippen LogP contribution in [0.25, 0.3) is 0 Å². The van der Waals surface area contributed by atoms with Crippen molar-refractivity contribution in [2.75, 3.05) is 18.8 Å². The van der Waals surface area contributed by atoms with Crippen LogP contribution in [-0.2, 0) is 24.0 Å². The van der Waals surface area contributed by atoms with Gasteiger partial charge < -0.3 is 55.5 Å². The topological polar surface area (TPSA) is 323 Å². The van der Waals surface area contributed by atoms with Gasteiger partial charge in [-0.15, -0.1) is 0 Å². The van der Waals surface area contributed by atoms with Crippen molar-refractivity contribution in [3.63, 3.8) is 0 Å². The van der Waals surface area contributed by atoms with Crippen molar-refractivity contribution in [1.82, 2.24) is 16.0 Å². The summed E-state index contributed by atoms with van der Waals surface area (Å²) in [6.07, 6.45) is 0.116. The number of aliphatic imine (C=N–C) groups is 2. The first-order chi connectivity index (χ1) is 17.3. The molecule has 4 amide bonds. The maximum Gasteiger partial charge on any atom is 0.327 e. The lowest BCUT2D eigenvalue weighted by Gasteiger charge is -2.25. The number of guanidine groups is 2. The Morgan fingerprint density at radius 2 is 1.14 bits per heavy atom. The van der Waals surface area contributed by atoms with E-state index in [4.69, 9.17) is 34.4 Å². The van der Waals surface area contributed by atoms with Gasteiger partial charge in [-0.05, 0) is 25.7 Å². The third-order valence-corrected chi connectivity index (χ3v) is 5.08. The molecule has 0 heterocycles. The Labute approximate surface area is 219 Å². The zero-order chi connectivity index (χ0) is 28.5. The van der Waals surface area contributed by atoms with Gasteiger partial charge in [0.05, 0.1) is 12.5 Å². The summed E-state index contributed by atoms with van der Waals surface area (Å²) in [5.41, 5.74) is 31.9. The highest BCUT2D eigenvalue weighted by molar-refractivity contribution is 7.80. The van der Waals surface area contributed by atoms with Gasteiger partial charge in [-0.1, -0.05) is 0 Å². The number of hydrogen-bond acceptors (Lipinski definition) is 9. The lowest BCUT2D eigenvalue weighted by Crippen LogP contribution is -2.57. The second kappa shape index (κ2) is 17.6. The summed E-state index contributed by atoms with van der Waals surface area (Å²) in [7, 11) is 0. The number of amides is 4. The van der Waals surface area contributed by atoms with Gasteiger partial charge >= 0.3 is 5.97 Å².